The molecule has 0 spiro atoms. The van der Waals surface area contributed by atoms with Gasteiger partial charge in [0.05, 0.1) is 0 Å². The van der Waals surface area contributed by atoms with Crippen molar-refractivity contribution in [2.45, 2.75) is 38.1 Å². The van der Waals surface area contributed by atoms with Crippen molar-refractivity contribution in [2.75, 3.05) is 20.1 Å². The summed E-state index contributed by atoms with van der Waals surface area (Å²) in [6, 6.07) is 10.8. The highest BCUT2D eigenvalue weighted by Gasteiger charge is 2.21. The van der Waals surface area contributed by atoms with Gasteiger partial charge in [-0.1, -0.05) is 30.3 Å². The summed E-state index contributed by atoms with van der Waals surface area (Å²) in [7, 11) is 1.96. The Hall–Kier alpha value is -1.06. The Kier molecular flexibility index (Phi) is 7.63. The molecule has 3 nitrogen and oxygen atoms in total. The van der Waals surface area contributed by atoms with Crippen LogP contribution in [0.15, 0.2) is 30.3 Å². The van der Waals surface area contributed by atoms with E-state index in [9.17, 15) is 4.79 Å². The highest BCUT2D eigenvalue weighted by molar-refractivity contribution is 5.85. The first-order chi connectivity index (χ1) is 9.27. The second kappa shape index (κ2) is 8.98. The zero-order valence-electron chi connectivity index (χ0n) is 12.2. The van der Waals surface area contributed by atoms with E-state index >= 15 is 0 Å². The predicted octanol–water partition coefficient (Wildman–Crippen LogP) is 2.64. The lowest BCUT2D eigenvalue weighted by Crippen LogP contribution is -2.43. The molecule has 0 saturated carbocycles. The molecule has 1 amide bonds. The van der Waals surface area contributed by atoms with E-state index in [2.05, 4.69) is 29.6 Å². The summed E-state index contributed by atoms with van der Waals surface area (Å²) in [5, 5.41) is 3.34. The van der Waals surface area contributed by atoms with E-state index in [4.69, 9.17) is 0 Å². The van der Waals surface area contributed by atoms with Crippen molar-refractivity contribution in [3.8, 4) is 0 Å². The summed E-state index contributed by atoms with van der Waals surface area (Å²) in [4.78, 5) is 14.1. The van der Waals surface area contributed by atoms with Crippen molar-refractivity contribution in [3.63, 3.8) is 0 Å². The van der Waals surface area contributed by atoms with Gasteiger partial charge in [0.25, 0.3) is 0 Å². The van der Waals surface area contributed by atoms with Gasteiger partial charge in [-0.15, -0.1) is 12.4 Å². The van der Waals surface area contributed by atoms with Crippen LogP contribution in [-0.2, 0) is 11.2 Å². The molecule has 1 saturated heterocycles. The molecular weight excluding hydrogens is 272 g/mol. The third-order valence-corrected chi connectivity index (χ3v) is 3.95. The van der Waals surface area contributed by atoms with Crippen LogP contribution in [0.25, 0.3) is 0 Å². The van der Waals surface area contributed by atoms with Crippen molar-refractivity contribution in [3.05, 3.63) is 35.9 Å². The van der Waals surface area contributed by atoms with E-state index in [0.717, 1.165) is 38.8 Å². The summed E-state index contributed by atoms with van der Waals surface area (Å²) in [6.45, 7) is 2.07. The topological polar surface area (TPSA) is 32.3 Å². The Morgan fingerprint density at radius 2 is 1.90 bits per heavy atom. The second-order valence-corrected chi connectivity index (χ2v) is 5.32. The molecule has 0 aliphatic carbocycles. The molecule has 2 rings (SSSR count). The van der Waals surface area contributed by atoms with Crippen LogP contribution in [0.2, 0.25) is 0 Å². The summed E-state index contributed by atoms with van der Waals surface area (Å²) in [6.07, 6.45) is 4.77. The molecule has 0 radical (unpaired) electrons. The number of hydrogen-bond donors (Lipinski definition) is 1. The lowest BCUT2D eigenvalue weighted by molar-refractivity contribution is -0.132. The summed E-state index contributed by atoms with van der Waals surface area (Å²) in [5.41, 5.74) is 1.32. The maximum atomic E-state index is 12.1. The van der Waals surface area contributed by atoms with Crippen LogP contribution in [0.1, 0.15) is 31.2 Å². The molecule has 1 aromatic rings. The Labute approximate surface area is 128 Å². The molecule has 0 unspecified atom stereocenters. The monoisotopic (exact) mass is 296 g/mol. The Balaban J connectivity index is 0.00000200. The first-order valence-corrected chi connectivity index (χ1v) is 7.27. The van der Waals surface area contributed by atoms with Crippen molar-refractivity contribution >= 4 is 18.3 Å². The van der Waals surface area contributed by atoms with Gasteiger partial charge in [-0.25, -0.2) is 0 Å². The van der Waals surface area contributed by atoms with Crippen LogP contribution in [0.4, 0.5) is 0 Å². The molecule has 0 aromatic heterocycles. The lowest BCUT2D eigenvalue weighted by Gasteiger charge is -2.31. The number of nitrogens with one attached hydrogen (secondary N) is 1. The molecule has 1 fully saturated rings. The minimum Gasteiger partial charge on any atom is -0.343 e. The first-order valence-electron chi connectivity index (χ1n) is 7.27. The fourth-order valence-corrected chi connectivity index (χ4v) is 2.66. The van der Waals surface area contributed by atoms with Crippen molar-refractivity contribution in [2.24, 2.45) is 0 Å². The number of rotatable bonds is 5. The Morgan fingerprint density at radius 3 is 2.55 bits per heavy atom. The Morgan fingerprint density at radius 1 is 1.25 bits per heavy atom. The van der Waals surface area contributed by atoms with Crippen molar-refractivity contribution in [1.29, 1.82) is 0 Å². The highest BCUT2D eigenvalue weighted by atomic mass is 35.5. The quantitative estimate of drug-likeness (QED) is 0.906. The lowest BCUT2D eigenvalue weighted by atomic mass is 10.0. The molecule has 20 heavy (non-hydrogen) atoms. The van der Waals surface area contributed by atoms with E-state index in [1.165, 1.54) is 5.56 Å². The van der Waals surface area contributed by atoms with Crippen LogP contribution < -0.4 is 5.32 Å². The fraction of sp³-hybridized carbons (Fsp3) is 0.562. The predicted molar refractivity (Wildman–Crippen MR) is 85.3 cm³/mol. The number of aryl methyl sites for hydroxylation is 1. The number of nitrogens with zero attached hydrogens (tertiary/aromatic N) is 1. The van der Waals surface area contributed by atoms with Crippen molar-refractivity contribution in [1.82, 2.24) is 10.2 Å². The maximum Gasteiger partial charge on any atom is 0.222 e. The second-order valence-electron chi connectivity index (χ2n) is 5.32. The first kappa shape index (κ1) is 17.0. The van der Waals surface area contributed by atoms with E-state index in [1.807, 2.05) is 18.0 Å². The van der Waals surface area contributed by atoms with Gasteiger partial charge in [0.15, 0.2) is 0 Å². The zero-order chi connectivity index (χ0) is 13.5. The maximum absolute atomic E-state index is 12.1. The Bertz CT molecular complexity index is 391. The van der Waals surface area contributed by atoms with Crippen LogP contribution in [0.5, 0.6) is 0 Å². The van der Waals surface area contributed by atoms with Gasteiger partial charge in [0.2, 0.25) is 5.91 Å². The van der Waals surface area contributed by atoms with Gasteiger partial charge < -0.3 is 10.2 Å². The van der Waals surface area contributed by atoms with Crippen LogP contribution in [0.3, 0.4) is 0 Å². The SMILES string of the molecule is CN(C(=O)CCCc1ccccc1)C1CCNCC1.Cl. The molecule has 1 heterocycles. The smallest absolute Gasteiger partial charge is 0.222 e. The van der Waals surface area contributed by atoms with Gasteiger partial charge in [0.1, 0.15) is 0 Å². The minimum atomic E-state index is 0. The van der Waals surface area contributed by atoms with E-state index in [-0.39, 0.29) is 12.4 Å². The number of halogens is 1. The molecule has 1 aromatic carbocycles. The fourth-order valence-electron chi connectivity index (χ4n) is 2.66. The molecule has 112 valence electrons. The average Bonchev–Trinajstić information content (AvgIpc) is 2.48. The third kappa shape index (κ3) is 5.14. The molecule has 4 heteroatoms. The number of carbonyl (C=O) groups excluding carboxylic acids is 1. The normalized spacial score (nSPS) is 15.4. The van der Waals surface area contributed by atoms with Gasteiger partial charge in [0, 0.05) is 19.5 Å². The molecule has 0 bridgehead atoms. The number of hydrogen-bond acceptors (Lipinski definition) is 2. The molecule has 1 aliphatic heterocycles. The molecule has 0 atom stereocenters. The number of piperidine rings is 1. The van der Waals surface area contributed by atoms with Crippen LogP contribution in [0, 0.1) is 0 Å². The average molecular weight is 297 g/mol. The number of amides is 1. The molecule has 1 aliphatic rings. The van der Waals surface area contributed by atoms with E-state index in [0.29, 0.717) is 18.4 Å². The van der Waals surface area contributed by atoms with Gasteiger partial charge in [-0.2, -0.15) is 0 Å². The van der Waals surface area contributed by atoms with E-state index in [1.54, 1.807) is 0 Å². The number of carbonyl (C=O) groups is 1. The summed E-state index contributed by atoms with van der Waals surface area (Å²) < 4.78 is 0. The van der Waals surface area contributed by atoms with Crippen LogP contribution in [-0.4, -0.2) is 37.0 Å². The molecular formula is C16H25ClN2O. The number of benzene rings is 1. The van der Waals surface area contributed by atoms with Gasteiger partial charge in [-0.05, 0) is 44.3 Å². The summed E-state index contributed by atoms with van der Waals surface area (Å²) in [5.74, 6) is 0.294. The largest absolute Gasteiger partial charge is 0.343 e. The van der Waals surface area contributed by atoms with E-state index < -0.39 is 0 Å². The highest BCUT2D eigenvalue weighted by Crippen LogP contribution is 2.12. The van der Waals surface area contributed by atoms with Gasteiger partial charge >= 0.3 is 0 Å². The van der Waals surface area contributed by atoms with Crippen molar-refractivity contribution < 1.29 is 4.79 Å². The zero-order valence-corrected chi connectivity index (χ0v) is 13.0. The third-order valence-electron chi connectivity index (χ3n) is 3.95. The summed E-state index contributed by atoms with van der Waals surface area (Å²) >= 11 is 0. The van der Waals surface area contributed by atoms with Crippen LogP contribution >= 0.6 is 12.4 Å². The molecule has 1 N–H and O–H groups in total. The standard InChI is InChI=1S/C16H24N2O.ClH/c1-18(15-10-12-17-13-11-15)16(19)9-5-8-14-6-3-2-4-7-14;/h2-4,6-7,15,17H,5,8-13H2,1H3;1H. The van der Waals surface area contributed by atoms with Gasteiger partial charge in [-0.3, -0.25) is 4.79 Å². The minimum absolute atomic E-state index is 0.